The van der Waals surface area contributed by atoms with Crippen molar-refractivity contribution < 1.29 is 10.0 Å². The Labute approximate surface area is 178 Å². The highest BCUT2D eigenvalue weighted by molar-refractivity contribution is 6.54. The number of unbranched alkanes of at least 4 members (excludes halogenated alkanes) is 2. The molecular formula is C23H31N5O2. The van der Waals surface area contributed by atoms with Gasteiger partial charge in [0.15, 0.2) is 11.5 Å². The lowest BCUT2D eigenvalue weighted by molar-refractivity contribution is -0.112. The number of hydrogen-bond acceptors (Lipinski definition) is 6. The summed E-state index contributed by atoms with van der Waals surface area (Å²) in [5.41, 5.74) is 5.80. The zero-order chi connectivity index (χ0) is 22.0. The molecule has 1 amide bonds. The number of carbonyl (C=O) groups is 1. The summed E-state index contributed by atoms with van der Waals surface area (Å²) in [6, 6.07) is 4.31. The summed E-state index contributed by atoms with van der Waals surface area (Å²) in [4.78, 5) is 26.1. The van der Waals surface area contributed by atoms with Gasteiger partial charge in [-0.2, -0.15) is 4.98 Å². The van der Waals surface area contributed by atoms with Crippen molar-refractivity contribution in [3.63, 3.8) is 0 Å². The van der Waals surface area contributed by atoms with Gasteiger partial charge in [0.2, 0.25) is 5.95 Å². The lowest BCUT2D eigenvalue weighted by Gasteiger charge is -2.26. The fraction of sp³-hybridized carbons (Fsp3) is 0.478. The van der Waals surface area contributed by atoms with Gasteiger partial charge in [0.05, 0.1) is 11.3 Å². The van der Waals surface area contributed by atoms with Crippen molar-refractivity contribution in [2.45, 2.75) is 60.8 Å². The van der Waals surface area contributed by atoms with Crippen molar-refractivity contribution in [1.29, 1.82) is 0 Å². The van der Waals surface area contributed by atoms with E-state index in [2.05, 4.69) is 56.8 Å². The zero-order valence-corrected chi connectivity index (χ0v) is 18.8. The summed E-state index contributed by atoms with van der Waals surface area (Å²) in [6.07, 6.45) is 2.94. The van der Waals surface area contributed by atoms with Crippen LogP contribution in [0.25, 0.3) is 0 Å². The van der Waals surface area contributed by atoms with Crippen LogP contribution >= 0.6 is 0 Å². The number of aryl methyl sites for hydroxylation is 4. The average molecular weight is 410 g/mol. The highest BCUT2D eigenvalue weighted by atomic mass is 16.4. The molecule has 1 aliphatic rings. The van der Waals surface area contributed by atoms with Gasteiger partial charge in [-0.3, -0.25) is 9.69 Å². The quantitative estimate of drug-likeness (QED) is 0.411. The number of nitrogens with zero attached hydrogens (tertiary/aromatic N) is 5. The molecule has 160 valence electrons. The molecule has 0 spiro atoms. The minimum Gasteiger partial charge on any atom is -0.410 e. The van der Waals surface area contributed by atoms with Crippen molar-refractivity contribution in [2.75, 3.05) is 22.9 Å². The van der Waals surface area contributed by atoms with Crippen LogP contribution < -0.4 is 9.80 Å². The molecule has 0 saturated heterocycles. The lowest BCUT2D eigenvalue weighted by Crippen LogP contribution is -2.31. The third-order valence-electron chi connectivity index (χ3n) is 5.55. The van der Waals surface area contributed by atoms with E-state index in [9.17, 15) is 10.0 Å². The van der Waals surface area contributed by atoms with E-state index >= 15 is 0 Å². The van der Waals surface area contributed by atoms with Crippen LogP contribution in [-0.2, 0) is 4.79 Å². The average Bonchev–Trinajstić information content (AvgIpc) is 2.96. The van der Waals surface area contributed by atoms with E-state index in [-0.39, 0.29) is 11.6 Å². The zero-order valence-electron chi connectivity index (χ0n) is 18.8. The molecule has 0 saturated carbocycles. The van der Waals surface area contributed by atoms with Gasteiger partial charge in [0.1, 0.15) is 0 Å². The highest BCUT2D eigenvalue weighted by Crippen LogP contribution is 2.35. The normalized spacial score (nSPS) is 14.5. The van der Waals surface area contributed by atoms with E-state index in [1.54, 1.807) is 4.90 Å². The maximum Gasteiger partial charge on any atom is 0.282 e. The molecule has 7 nitrogen and oxygen atoms in total. The van der Waals surface area contributed by atoms with Crippen molar-refractivity contribution in [3.8, 4) is 0 Å². The monoisotopic (exact) mass is 409 g/mol. The molecule has 1 aromatic heterocycles. The van der Waals surface area contributed by atoms with Crippen LogP contribution in [0.15, 0.2) is 17.3 Å². The Morgan fingerprint density at radius 1 is 1.07 bits per heavy atom. The summed E-state index contributed by atoms with van der Waals surface area (Å²) >= 11 is 0. The van der Waals surface area contributed by atoms with E-state index < -0.39 is 0 Å². The minimum absolute atomic E-state index is 0.0243. The Morgan fingerprint density at radius 2 is 1.73 bits per heavy atom. The van der Waals surface area contributed by atoms with Crippen LogP contribution in [0.5, 0.6) is 0 Å². The summed E-state index contributed by atoms with van der Waals surface area (Å²) in [5.74, 6) is 0.771. The van der Waals surface area contributed by atoms with Gasteiger partial charge >= 0.3 is 0 Å². The number of rotatable bonds is 7. The Balaban J connectivity index is 2.13. The van der Waals surface area contributed by atoms with Crippen molar-refractivity contribution >= 4 is 29.1 Å². The number of benzene rings is 1. The number of oxime groups is 1. The molecule has 30 heavy (non-hydrogen) atoms. The Kier molecular flexibility index (Phi) is 6.39. The molecule has 1 aromatic carbocycles. The van der Waals surface area contributed by atoms with Crippen LogP contribution in [0.3, 0.4) is 0 Å². The predicted octanol–water partition coefficient (Wildman–Crippen LogP) is 4.58. The molecule has 1 N–H and O–H groups in total. The van der Waals surface area contributed by atoms with E-state index in [0.29, 0.717) is 36.1 Å². The van der Waals surface area contributed by atoms with Crippen molar-refractivity contribution in [3.05, 3.63) is 40.1 Å². The molecule has 7 heteroatoms. The Hall–Kier alpha value is -2.96. The van der Waals surface area contributed by atoms with Gasteiger partial charge in [-0.05, 0) is 52.2 Å². The second-order valence-corrected chi connectivity index (χ2v) is 7.91. The number of hydrogen-bond donors (Lipinski definition) is 1. The molecule has 1 aliphatic heterocycles. The molecule has 0 bridgehead atoms. The summed E-state index contributed by atoms with van der Waals surface area (Å²) in [6.45, 7) is 13.5. The van der Waals surface area contributed by atoms with E-state index in [1.165, 1.54) is 5.56 Å². The minimum atomic E-state index is -0.316. The van der Waals surface area contributed by atoms with Gasteiger partial charge < -0.3 is 10.1 Å². The first kappa shape index (κ1) is 21.7. The van der Waals surface area contributed by atoms with Crippen LogP contribution in [0.4, 0.5) is 17.5 Å². The maximum atomic E-state index is 12.9. The van der Waals surface area contributed by atoms with Crippen LogP contribution in [-0.4, -0.2) is 39.9 Å². The second-order valence-electron chi connectivity index (χ2n) is 7.91. The third kappa shape index (κ3) is 3.76. The van der Waals surface area contributed by atoms with E-state index in [4.69, 9.17) is 9.97 Å². The summed E-state index contributed by atoms with van der Waals surface area (Å²) in [7, 11) is 0. The maximum absolute atomic E-state index is 12.9. The van der Waals surface area contributed by atoms with E-state index in [1.807, 2.05) is 6.92 Å². The largest absolute Gasteiger partial charge is 0.410 e. The molecule has 0 radical (unpaired) electrons. The number of amides is 1. The number of anilines is 3. The van der Waals surface area contributed by atoms with Gasteiger partial charge in [-0.25, -0.2) is 4.98 Å². The van der Waals surface area contributed by atoms with E-state index in [0.717, 1.165) is 36.1 Å². The smallest absolute Gasteiger partial charge is 0.282 e. The fourth-order valence-corrected chi connectivity index (χ4v) is 4.29. The fourth-order valence-electron chi connectivity index (χ4n) is 4.29. The number of carbonyl (C=O) groups excluding carboxylic acids is 1. The second kappa shape index (κ2) is 8.81. The number of aromatic nitrogens is 2. The molecule has 2 heterocycles. The molecule has 0 unspecified atom stereocenters. The topological polar surface area (TPSA) is 81.9 Å². The number of fused-ring (bicyclic) bond motifs is 1. The van der Waals surface area contributed by atoms with Crippen molar-refractivity contribution in [1.82, 2.24) is 9.97 Å². The van der Waals surface area contributed by atoms with Gasteiger partial charge in [0, 0.05) is 18.8 Å². The standard InChI is InChI=1S/C23H31N5O2/c1-7-9-10-11-28-21-18(19(26-30)22(28)29)17(6)24-23(25-21)27(8-2)20-15(4)12-14(3)13-16(20)5/h12-13,30H,7-11H2,1-6H3. The first-order valence-electron chi connectivity index (χ1n) is 10.6. The first-order chi connectivity index (χ1) is 14.3. The molecule has 0 aliphatic carbocycles. The van der Waals surface area contributed by atoms with Gasteiger partial charge in [0.25, 0.3) is 5.91 Å². The van der Waals surface area contributed by atoms with Crippen molar-refractivity contribution in [2.24, 2.45) is 5.16 Å². The van der Waals surface area contributed by atoms with Gasteiger partial charge in [-0.15, -0.1) is 0 Å². The lowest BCUT2D eigenvalue weighted by atomic mass is 10.0. The SMILES string of the molecule is CCCCCN1C(=O)C(=NO)c2c(C)nc(N(CC)c3c(C)cc(C)cc3C)nc21. The van der Waals surface area contributed by atoms with Gasteiger partial charge in [-0.1, -0.05) is 42.6 Å². The molecular weight excluding hydrogens is 378 g/mol. The Morgan fingerprint density at radius 3 is 2.30 bits per heavy atom. The first-order valence-corrected chi connectivity index (χ1v) is 10.6. The molecule has 2 aromatic rings. The predicted molar refractivity (Wildman–Crippen MR) is 120 cm³/mol. The van der Waals surface area contributed by atoms with Crippen LogP contribution in [0, 0.1) is 27.7 Å². The third-order valence-corrected chi connectivity index (χ3v) is 5.55. The molecule has 0 atom stereocenters. The Bertz CT molecular complexity index is 976. The molecule has 0 fully saturated rings. The molecule has 3 rings (SSSR count). The van der Waals surface area contributed by atoms with Crippen LogP contribution in [0.1, 0.15) is 61.1 Å². The van der Waals surface area contributed by atoms with Crippen LogP contribution in [0.2, 0.25) is 0 Å². The highest BCUT2D eigenvalue weighted by Gasteiger charge is 2.38. The summed E-state index contributed by atoms with van der Waals surface area (Å²) < 4.78 is 0. The summed E-state index contributed by atoms with van der Waals surface area (Å²) in [5, 5.41) is 12.7.